The molecule has 0 unspecified atom stereocenters. The molecule has 1 aliphatic rings. The van der Waals surface area contributed by atoms with Gasteiger partial charge in [-0.2, -0.15) is 0 Å². The minimum atomic E-state index is -0.437. The summed E-state index contributed by atoms with van der Waals surface area (Å²) in [6.07, 6.45) is 0.134. The van der Waals surface area contributed by atoms with Crippen molar-refractivity contribution >= 4 is 5.91 Å². The lowest BCUT2D eigenvalue weighted by atomic mass is 10.0. The van der Waals surface area contributed by atoms with Gasteiger partial charge >= 0.3 is 0 Å². The molecule has 1 amide bonds. The van der Waals surface area contributed by atoms with E-state index >= 15 is 0 Å². The molecule has 2 aromatic rings. The molecule has 0 spiro atoms. The van der Waals surface area contributed by atoms with Crippen LogP contribution in [-0.4, -0.2) is 43.5 Å². The van der Waals surface area contributed by atoms with Crippen molar-refractivity contribution in [3.05, 3.63) is 53.8 Å². The highest BCUT2D eigenvalue weighted by Crippen LogP contribution is 2.26. The van der Waals surface area contributed by atoms with E-state index in [0.29, 0.717) is 30.9 Å². The topological polar surface area (TPSA) is 77.0 Å². The largest absolute Gasteiger partial charge is 0.504 e. The summed E-state index contributed by atoms with van der Waals surface area (Å²) in [5.41, 5.74) is 0.357. The molecule has 26 heavy (non-hydrogen) atoms. The number of aromatic hydroxyl groups is 1. The van der Waals surface area contributed by atoms with Crippen LogP contribution in [0.25, 0.3) is 0 Å². The predicted octanol–water partition coefficient (Wildman–Crippen LogP) is 2.51. The summed E-state index contributed by atoms with van der Waals surface area (Å²) in [5, 5.41) is 12.6. The van der Waals surface area contributed by atoms with Gasteiger partial charge in [0.05, 0.1) is 19.8 Å². The second-order valence-corrected chi connectivity index (χ2v) is 5.94. The molecule has 0 aliphatic carbocycles. The molecule has 7 heteroatoms. The molecule has 0 bridgehead atoms. The molecular formula is C19H20FNO5. The first kappa shape index (κ1) is 18.0. The number of carbonyl (C=O) groups excluding carboxylic acids is 1. The number of methoxy groups -OCH3 is 1. The molecule has 1 aliphatic heterocycles. The van der Waals surface area contributed by atoms with Crippen molar-refractivity contribution in [2.24, 2.45) is 0 Å². The second-order valence-electron chi connectivity index (χ2n) is 5.94. The van der Waals surface area contributed by atoms with E-state index < -0.39 is 11.9 Å². The molecule has 0 aromatic heterocycles. The molecule has 2 atom stereocenters. The van der Waals surface area contributed by atoms with Crippen molar-refractivity contribution in [2.45, 2.75) is 18.6 Å². The Morgan fingerprint density at radius 2 is 2.15 bits per heavy atom. The molecule has 0 radical (unpaired) electrons. The molecule has 6 nitrogen and oxygen atoms in total. The Morgan fingerprint density at radius 1 is 1.31 bits per heavy atom. The van der Waals surface area contributed by atoms with Gasteiger partial charge < -0.3 is 24.6 Å². The van der Waals surface area contributed by atoms with E-state index in [-0.39, 0.29) is 23.4 Å². The minimum absolute atomic E-state index is 0.0394. The maximum atomic E-state index is 13.3. The van der Waals surface area contributed by atoms with E-state index in [1.165, 1.54) is 37.4 Å². The summed E-state index contributed by atoms with van der Waals surface area (Å²) < 4.78 is 29.6. The van der Waals surface area contributed by atoms with Crippen LogP contribution in [0.1, 0.15) is 16.8 Å². The molecular weight excluding hydrogens is 341 g/mol. The van der Waals surface area contributed by atoms with E-state index in [1.54, 1.807) is 12.1 Å². The van der Waals surface area contributed by atoms with Crippen LogP contribution in [0.5, 0.6) is 17.2 Å². The van der Waals surface area contributed by atoms with Gasteiger partial charge in [0.25, 0.3) is 5.91 Å². The van der Waals surface area contributed by atoms with Crippen molar-refractivity contribution in [1.29, 1.82) is 0 Å². The first-order chi connectivity index (χ1) is 12.6. The zero-order chi connectivity index (χ0) is 18.5. The van der Waals surface area contributed by atoms with Crippen LogP contribution in [0.4, 0.5) is 4.39 Å². The fraction of sp³-hybridized carbons (Fsp3) is 0.316. The fourth-order valence-electron chi connectivity index (χ4n) is 2.78. The summed E-state index contributed by atoms with van der Waals surface area (Å²) in [7, 11) is 1.41. The number of phenolic OH excluding ortho intramolecular Hbond substituents is 1. The molecule has 1 heterocycles. The lowest BCUT2D eigenvalue weighted by molar-refractivity contribution is -0.0136. The smallest absolute Gasteiger partial charge is 0.251 e. The van der Waals surface area contributed by atoms with Crippen LogP contribution >= 0.6 is 0 Å². The maximum absolute atomic E-state index is 13.3. The fourth-order valence-corrected chi connectivity index (χ4v) is 2.78. The summed E-state index contributed by atoms with van der Waals surface area (Å²) in [5.74, 6) is -0.148. The zero-order valence-corrected chi connectivity index (χ0v) is 14.3. The lowest BCUT2D eigenvalue weighted by Crippen LogP contribution is -2.51. The van der Waals surface area contributed by atoms with E-state index in [1.807, 2.05) is 0 Å². The van der Waals surface area contributed by atoms with E-state index in [4.69, 9.17) is 14.2 Å². The summed E-state index contributed by atoms with van der Waals surface area (Å²) >= 11 is 0. The predicted molar refractivity (Wildman–Crippen MR) is 92.2 cm³/mol. The first-order valence-corrected chi connectivity index (χ1v) is 8.24. The highest BCUT2D eigenvalue weighted by molar-refractivity contribution is 5.95. The van der Waals surface area contributed by atoms with Crippen molar-refractivity contribution in [3.63, 3.8) is 0 Å². The quantitative estimate of drug-likeness (QED) is 0.856. The summed E-state index contributed by atoms with van der Waals surface area (Å²) in [6, 6.07) is 9.92. The van der Waals surface area contributed by atoms with Crippen LogP contribution < -0.4 is 14.8 Å². The van der Waals surface area contributed by atoms with Gasteiger partial charge in [-0.15, -0.1) is 0 Å². The number of hydrogen-bond acceptors (Lipinski definition) is 5. The minimum Gasteiger partial charge on any atom is -0.504 e. The number of phenols is 1. The summed E-state index contributed by atoms with van der Waals surface area (Å²) in [6.45, 7) is 0.785. The molecule has 1 fully saturated rings. The number of halogens is 1. The lowest BCUT2D eigenvalue weighted by Gasteiger charge is -2.32. The normalized spacial score (nSPS) is 19.6. The van der Waals surface area contributed by atoms with E-state index in [0.717, 1.165) is 0 Å². The van der Waals surface area contributed by atoms with Gasteiger partial charge in [0.15, 0.2) is 11.5 Å². The van der Waals surface area contributed by atoms with Crippen molar-refractivity contribution in [2.75, 3.05) is 20.3 Å². The molecule has 3 rings (SSSR count). The monoisotopic (exact) mass is 361 g/mol. The second kappa shape index (κ2) is 8.05. The number of amides is 1. The average molecular weight is 361 g/mol. The number of carbonyl (C=O) groups is 1. The van der Waals surface area contributed by atoms with Crippen molar-refractivity contribution < 1.29 is 28.5 Å². The van der Waals surface area contributed by atoms with Gasteiger partial charge in [0, 0.05) is 18.2 Å². The maximum Gasteiger partial charge on any atom is 0.251 e. The van der Waals surface area contributed by atoms with E-state index in [9.17, 15) is 14.3 Å². The molecule has 2 aromatic carbocycles. The first-order valence-electron chi connectivity index (χ1n) is 8.24. The third kappa shape index (κ3) is 4.23. The van der Waals surface area contributed by atoms with Gasteiger partial charge in [0.2, 0.25) is 0 Å². The van der Waals surface area contributed by atoms with Gasteiger partial charge in [0.1, 0.15) is 17.7 Å². The zero-order valence-electron chi connectivity index (χ0n) is 14.3. The van der Waals surface area contributed by atoms with Gasteiger partial charge in [-0.1, -0.05) is 6.07 Å². The number of ether oxygens (including phenoxy) is 3. The number of benzene rings is 2. The Labute approximate surface area is 150 Å². The van der Waals surface area contributed by atoms with Crippen LogP contribution in [0.3, 0.4) is 0 Å². The Bertz CT molecular complexity index is 782. The van der Waals surface area contributed by atoms with Gasteiger partial charge in [-0.25, -0.2) is 4.39 Å². The molecule has 0 saturated carbocycles. The van der Waals surface area contributed by atoms with Crippen LogP contribution in [0, 0.1) is 5.82 Å². The summed E-state index contributed by atoms with van der Waals surface area (Å²) in [4.78, 5) is 12.5. The number of hydrogen-bond donors (Lipinski definition) is 2. The third-order valence-electron chi connectivity index (χ3n) is 4.15. The SMILES string of the molecule is COc1cc(C(=O)N[C@@H]2CCOC[C@H]2Oc2cccc(F)c2)ccc1O. The Kier molecular flexibility index (Phi) is 5.58. The van der Waals surface area contributed by atoms with Gasteiger partial charge in [-0.05, 0) is 36.8 Å². The number of nitrogens with one attached hydrogen (secondary N) is 1. The Hall–Kier alpha value is -2.80. The standard InChI is InChI=1S/C19H20FNO5/c1-24-17-9-12(5-6-16(17)22)19(23)21-15-7-8-25-11-18(15)26-14-4-2-3-13(20)10-14/h2-6,9-10,15,18,22H,7-8,11H2,1H3,(H,21,23)/t15-,18-/m1/s1. The Balaban J connectivity index is 1.70. The highest BCUT2D eigenvalue weighted by Gasteiger charge is 2.29. The van der Waals surface area contributed by atoms with Crippen molar-refractivity contribution in [1.82, 2.24) is 5.32 Å². The van der Waals surface area contributed by atoms with Crippen molar-refractivity contribution in [3.8, 4) is 17.2 Å². The van der Waals surface area contributed by atoms with Gasteiger partial charge in [-0.3, -0.25) is 4.79 Å². The third-order valence-corrected chi connectivity index (χ3v) is 4.15. The van der Waals surface area contributed by atoms with Crippen LogP contribution in [0.15, 0.2) is 42.5 Å². The highest BCUT2D eigenvalue weighted by atomic mass is 19.1. The molecule has 1 saturated heterocycles. The van der Waals surface area contributed by atoms with Crippen LogP contribution in [0.2, 0.25) is 0 Å². The Morgan fingerprint density at radius 3 is 2.92 bits per heavy atom. The molecule has 2 N–H and O–H groups in total. The average Bonchev–Trinajstić information content (AvgIpc) is 2.63. The molecule has 138 valence electrons. The van der Waals surface area contributed by atoms with E-state index in [2.05, 4.69) is 5.32 Å². The number of rotatable bonds is 5. The van der Waals surface area contributed by atoms with Crippen LogP contribution in [-0.2, 0) is 4.74 Å².